The van der Waals surface area contributed by atoms with Crippen LogP contribution in [0.2, 0.25) is 0 Å². The maximum Gasteiger partial charge on any atom is 0.254 e. The molecule has 0 fully saturated rings. The molecule has 0 saturated heterocycles. The van der Waals surface area contributed by atoms with Gasteiger partial charge in [0.1, 0.15) is 5.82 Å². The number of benzene rings is 2. The van der Waals surface area contributed by atoms with Crippen LogP contribution in [0.1, 0.15) is 32.7 Å². The van der Waals surface area contributed by atoms with Crippen molar-refractivity contribution in [2.75, 3.05) is 0 Å². The Morgan fingerprint density at radius 3 is 2.34 bits per heavy atom. The van der Waals surface area contributed by atoms with Crippen LogP contribution in [0.4, 0.5) is 0 Å². The van der Waals surface area contributed by atoms with Gasteiger partial charge in [-0.15, -0.1) is 0 Å². The first kappa shape index (κ1) is 17.5. The molecule has 2 aromatic carbocycles. The number of amides is 1. The van der Waals surface area contributed by atoms with Gasteiger partial charge < -0.3 is 9.47 Å². The summed E-state index contributed by atoms with van der Waals surface area (Å²) in [6, 6.07) is 20.1. The van der Waals surface area contributed by atoms with Crippen LogP contribution in [-0.2, 0) is 13.1 Å². The third kappa shape index (κ3) is 3.05. The number of aromatic nitrogens is 3. The summed E-state index contributed by atoms with van der Waals surface area (Å²) >= 11 is 0. The lowest BCUT2D eigenvalue weighted by Gasteiger charge is -2.18. The molecule has 5 nitrogen and oxygen atoms in total. The van der Waals surface area contributed by atoms with Crippen LogP contribution in [0.3, 0.4) is 0 Å². The summed E-state index contributed by atoms with van der Waals surface area (Å²) in [6.07, 6.45) is 4.04. The topological polar surface area (TPSA) is 43.1 Å². The highest BCUT2D eigenvalue weighted by Crippen LogP contribution is 2.31. The quantitative estimate of drug-likeness (QED) is 0.526. The van der Waals surface area contributed by atoms with Gasteiger partial charge in [0.15, 0.2) is 0 Å². The Balaban J connectivity index is 1.55. The Kier molecular flexibility index (Phi) is 4.09. The van der Waals surface area contributed by atoms with Crippen LogP contribution in [0.25, 0.3) is 11.5 Å². The van der Waals surface area contributed by atoms with Gasteiger partial charge in [-0.3, -0.25) is 4.79 Å². The molecule has 5 heteroatoms. The lowest BCUT2D eigenvalue weighted by Crippen LogP contribution is -2.26. The van der Waals surface area contributed by atoms with Crippen molar-refractivity contribution in [2.24, 2.45) is 0 Å². The molecule has 144 valence electrons. The van der Waals surface area contributed by atoms with E-state index in [-0.39, 0.29) is 5.91 Å². The van der Waals surface area contributed by atoms with Crippen molar-refractivity contribution in [3.05, 3.63) is 101 Å². The summed E-state index contributed by atoms with van der Waals surface area (Å²) in [5.41, 5.74) is 6.09. The van der Waals surface area contributed by atoms with E-state index in [2.05, 4.69) is 29.7 Å². The van der Waals surface area contributed by atoms with Crippen LogP contribution >= 0.6 is 0 Å². The van der Waals surface area contributed by atoms with Gasteiger partial charge in [0, 0.05) is 23.5 Å². The molecular weight excluding hydrogens is 360 g/mol. The normalized spacial score (nSPS) is 13.0. The van der Waals surface area contributed by atoms with Gasteiger partial charge in [0.05, 0.1) is 24.5 Å². The Morgan fingerprint density at radius 2 is 1.62 bits per heavy atom. The predicted molar refractivity (Wildman–Crippen MR) is 112 cm³/mol. The van der Waals surface area contributed by atoms with Crippen LogP contribution < -0.4 is 0 Å². The molecule has 0 saturated carbocycles. The second-order valence-corrected chi connectivity index (χ2v) is 7.62. The standard InChI is InChI=1S/C24H22N4O/c1-17-7-5-9-19(13-17)24(29)27-15-21-22(16-27)25-28(20-10-6-8-18(2)14-20)23(21)26-11-3-4-12-26/h3-14H,15-16H2,1-2H3. The molecular formula is C24H22N4O. The Hall–Kier alpha value is -3.60. The molecule has 2 aromatic heterocycles. The second-order valence-electron chi connectivity index (χ2n) is 7.62. The fourth-order valence-corrected chi connectivity index (χ4v) is 3.99. The summed E-state index contributed by atoms with van der Waals surface area (Å²) < 4.78 is 4.07. The average Bonchev–Trinajstić information content (AvgIpc) is 3.43. The Bertz CT molecular complexity index is 1200. The van der Waals surface area contributed by atoms with Crippen molar-refractivity contribution in [3.63, 3.8) is 0 Å². The zero-order valence-corrected chi connectivity index (χ0v) is 16.5. The minimum atomic E-state index is 0.0484. The molecule has 0 spiro atoms. The van der Waals surface area contributed by atoms with Crippen molar-refractivity contribution >= 4 is 5.91 Å². The third-order valence-corrected chi connectivity index (χ3v) is 5.38. The smallest absolute Gasteiger partial charge is 0.254 e. The number of hydrogen-bond donors (Lipinski definition) is 0. The second kappa shape index (κ2) is 6.78. The number of carbonyl (C=O) groups excluding carboxylic acids is 1. The van der Waals surface area contributed by atoms with Crippen molar-refractivity contribution < 1.29 is 4.79 Å². The third-order valence-electron chi connectivity index (χ3n) is 5.38. The summed E-state index contributed by atoms with van der Waals surface area (Å²) in [5, 5.41) is 4.90. The molecule has 1 aliphatic heterocycles. The van der Waals surface area contributed by atoms with Gasteiger partial charge in [-0.25, -0.2) is 4.68 Å². The molecule has 0 radical (unpaired) electrons. The predicted octanol–water partition coefficient (Wildman–Crippen LogP) is 4.44. The fourth-order valence-electron chi connectivity index (χ4n) is 3.99. The van der Waals surface area contributed by atoms with Gasteiger partial charge in [-0.05, 0) is 55.8 Å². The number of nitrogens with zero attached hydrogens (tertiary/aromatic N) is 4. The van der Waals surface area contributed by atoms with Crippen molar-refractivity contribution in [3.8, 4) is 11.5 Å². The zero-order chi connectivity index (χ0) is 20.0. The molecule has 1 amide bonds. The number of aryl methyl sites for hydroxylation is 2. The van der Waals surface area contributed by atoms with E-state index in [1.165, 1.54) is 5.56 Å². The summed E-state index contributed by atoms with van der Waals surface area (Å²) in [6.45, 7) is 5.17. The van der Waals surface area contributed by atoms with Crippen molar-refractivity contribution in [1.29, 1.82) is 0 Å². The molecule has 29 heavy (non-hydrogen) atoms. The SMILES string of the molecule is Cc1cccc(C(=O)N2Cc3nn(-c4cccc(C)c4)c(-n4cccc4)c3C2)c1. The van der Waals surface area contributed by atoms with E-state index in [0.717, 1.165) is 33.9 Å². The van der Waals surface area contributed by atoms with Gasteiger partial charge >= 0.3 is 0 Å². The maximum atomic E-state index is 13.0. The monoisotopic (exact) mass is 382 g/mol. The van der Waals surface area contributed by atoms with Gasteiger partial charge in [0.2, 0.25) is 0 Å². The van der Waals surface area contributed by atoms with E-state index in [1.807, 2.05) is 71.4 Å². The van der Waals surface area contributed by atoms with E-state index >= 15 is 0 Å². The first-order valence-electron chi connectivity index (χ1n) is 9.77. The molecule has 3 heterocycles. The van der Waals surface area contributed by atoms with E-state index in [1.54, 1.807) is 0 Å². The molecule has 1 aliphatic rings. The highest BCUT2D eigenvalue weighted by molar-refractivity contribution is 5.94. The summed E-state index contributed by atoms with van der Waals surface area (Å²) in [5.74, 6) is 1.04. The van der Waals surface area contributed by atoms with Gasteiger partial charge in [-0.2, -0.15) is 5.10 Å². The minimum absolute atomic E-state index is 0.0484. The zero-order valence-electron chi connectivity index (χ0n) is 16.5. The number of fused-ring (bicyclic) bond motifs is 1. The van der Waals surface area contributed by atoms with Crippen molar-refractivity contribution in [2.45, 2.75) is 26.9 Å². The highest BCUT2D eigenvalue weighted by atomic mass is 16.2. The first-order valence-corrected chi connectivity index (χ1v) is 9.77. The van der Waals surface area contributed by atoms with Crippen LogP contribution in [0.5, 0.6) is 0 Å². The maximum absolute atomic E-state index is 13.0. The molecule has 0 aliphatic carbocycles. The van der Waals surface area contributed by atoms with Gasteiger partial charge in [0.25, 0.3) is 5.91 Å². The number of carbonyl (C=O) groups is 1. The lowest BCUT2D eigenvalue weighted by atomic mass is 10.1. The Labute approximate surface area is 169 Å². The number of hydrogen-bond acceptors (Lipinski definition) is 2. The van der Waals surface area contributed by atoms with Crippen molar-refractivity contribution in [1.82, 2.24) is 19.2 Å². The lowest BCUT2D eigenvalue weighted by molar-refractivity contribution is 0.0749. The van der Waals surface area contributed by atoms with Crippen LogP contribution in [0.15, 0.2) is 73.1 Å². The van der Waals surface area contributed by atoms with Gasteiger partial charge in [-0.1, -0.05) is 29.8 Å². The average molecular weight is 382 g/mol. The molecule has 0 N–H and O–H groups in total. The van der Waals surface area contributed by atoms with E-state index in [9.17, 15) is 4.79 Å². The molecule has 4 aromatic rings. The molecule has 5 rings (SSSR count). The minimum Gasteiger partial charge on any atom is -0.328 e. The molecule has 0 bridgehead atoms. The van der Waals surface area contributed by atoms with Crippen LogP contribution in [0, 0.1) is 13.8 Å². The largest absolute Gasteiger partial charge is 0.328 e. The van der Waals surface area contributed by atoms with E-state index in [4.69, 9.17) is 5.10 Å². The summed E-state index contributed by atoms with van der Waals surface area (Å²) in [4.78, 5) is 14.9. The first-order chi connectivity index (χ1) is 14.1. The van der Waals surface area contributed by atoms with E-state index < -0.39 is 0 Å². The molecule has 0 atom stereocenters. The van der Waals surface area contributed by atoms with Crippen LogP contribution in [-0.4, -0.2) is 25.2 Å². The summed E-state index contributed by atoms with van der Waals surface area (Å²) in [7, 11) is 0. The Morgan fingerprint density at radius 1 is 0.897 bits per heavy atom. The number of rotatable bonds is 3. The van der Waals surface area contributed by atoms with E-state index in [0.29, 0.717) is 13.1 Å². The molecule has 0 unspecified atom stereocenters. The highest BCUT2D eigenvalue weighted by Gasteiger charge is 2.31. The fraction of sp³-hybridized carbons (Fsp3) is 0.167.